The fourth-order valence-corrected chi connectivity index (χ4v) is 2.75. The molecule has 0 saturated heterocycles. The Balaban J connectivity index is 2.32. The lowest BCUT2D eigenvalue weighted by atomic mass is 10.2. The summed E-state index contributed by atoms with van der Waals surface area (Å²) in [5.41, 5.74) is 1.39. The van der Waals surface area contributed by atoms with Crippen LogP contribution in [0.15, 0.2) is 60.3 Å². The van der Waals surface area contributed by atoms with Gasteiger partial charge in [0.25, 0.3) is 0 Å². The molecule has 2 aromatic heterocycles. The highest BCUT2D eigenvalue weighted by Gasteiger charge is 2.19. The van der Waals surface area contributed by atoms with Crippen LogP contribution >= 0.6 is 15.9 Å². The van der Waals surface area contributed by atoms with Crippen LogP contribution in [0.2, 0.25) is 0 Å². The Kier molecular flexibility index (Phi) is 4.26. The number of allylic oxidation sites excluding steroid dienone is 4. The number of phenolic OH excluding ortho intramolecular Hbond substituents is 1. The van der Waals surface area contributed by atoms with Crippen molar-refractivity contribution in [3.05, 3.63) is 66.2 Å². The van der Waals surface area contributed by atoms with Crippen molar-refractivity contribution in [2.75, 3.05) is 0 Å². The molecule has 7 heteroatoms. The molecular formula is C17H12BrFN4O. The van der Waals surface area contributed by atoms with Gasteiger partial charge < -0.3 is 5.11 Å². The highest BCUT2D eigenvalue weighted by atomic mass is 79.9. The second-order valence-corrected chi connectivity index (χ2v) is 5.57. The number of phenols is 1. The van der Waals surface area contributed by atoms with Gasteiger partial charge in [-0.15, -0.1) is 5.10 Å². The molecule has 0 aliphatic carbocycles. The number of aromatic hydroxyl groups is 1. The Hall–Kier alpha value is -2.80. The average molecular weight is 387 g/mol. The van der Waals surface area contributed by atoms with E-state index < -0.39 is 5.95 Å². The molecule has 2 heterocycles. The molecule has 3 aromatic rings. The lowest BCUT2D eigenvalue weighted by Crippen LogP contribution is -2.00. The van der Waals surface area contributed by atoms with Crippen LogP contribution in [-0.2, 0) is 0 Å². The third kappa shape index (κ3) is 2.74. The first-order valence-electron chi connectivity index (χ1n) is 6.92. The van der Waals surface area contributed by atoms with E-state index in [1.54, 1.807) is 30.4 Å². The summed E-state index contributed by atoms with van der Waals surface area (Å²) in [6.45, 7) is 7.32. The molecule has 0 fully saturated rings. The molecule has 0 aliphatic heterocycles. The second-order valence-electron chi connectivity index (χ2n) is 4.82. The first-order chi connectivity index (χ1) is 11.5. The number of nitrogens with zero attached hydrogens (tertiary/aromatic N) is 4. The summed E-state index contributed by atoms with van der Waals surface area (Å²) in [4.78, 5) is 8.66. The third-order valence-electron chi connectivity index (χ3n) is 3.29. The molecule has 0 amide bonds. The predicted octanol–water partition coefficient (Wildman–Crippen LogP) is 4.31. The van der Waals surface area contributed by atoms with E-state index in [1.165, 1.54) is 16.8 Å². The maximum Gasteiger partial charge on any atom is 0.245 e. The monoisotopic (exact) mass is 386 g/mol. The highest BCUT2D eigenvalue weighted by Crippen LogP contribution is 2.29. The van der Waals surface area contributed by atoms with Gasteiger partial charge in [-0.25, -0.2) is 14.6 Å². The zero-order chi connectivity index (χ0) is 17.3. The Morgan fingerprint density at radius 2 is 2.08 bits per heavy atom. The Bertz CT molecular complexity index is 994. The van der Waals surface area contributed by atoms with Crippen molar-refractivity contribution in [1.29, 1.82) is 0 Å². The summed E-state index contributed by atoms with van der Waals surface area (Å²) in [7, 11) is 0. The molecule has 0 bridgehead atoms. The van der Waals surface area contributed by atoms with E-state index in [1.807, 2.05) is 0 Å². The zero-order valence-electron chi connectivity index (χ0n) is 12.4. The number of fused-ring (bicyclic) bond motifs is 1. The summed E-state index contributed by atoms with van der Waals surface area (Å²) >= 11 is 3.27. The van der Waals surface area contributed by atoms with Gasteiger partial charge in [-0.3, -0.25) is 0 Å². The Labute approximate surface area is 145 Å². The number of benzene rings is 1. The van der Waals surface area contributed by atoms with Gasteiger partial charge in [-0.05, 0) is 40.2 Å². The number of rotatable bonds is 4. The van der Waals surface area contributed by atoms with Gasteiger partial charge in [0.15, 0.2) is 11.5 Å². The lowest BCUT2D eigenvalue weighted by molar-refractivity contribution is 0.475. The SMILES string of the molecule is C=C/C=C(\C=C)n1nc(F)c2c(Br)nc(-c3cccc(O)c3)nc21. The maximum absolute atomic E-state index is 14.2. The largest absolute Gasteiger partial charge is 0.508 e. The molecule has 0 atom stereocenters. The molecule has 0 spiro atoms. The molecule has 120 valence electrons. The molecule has 0 saturated carbocycles. The van der Waals surface area contributed by atoms with Crippen molar-refractivity contribution in [2.45, 2.75) is 0 Å². The number of hydrogen-bond acceptors (Lipinski definition) is 4. The van der Waals surface area contributed by atoms with Crippen molar-refractivity contribution in [1.82, 2.24) is 19.7 Å². The van der Waals surface area contributed by atoms with Crippen LogP contribution in [0, 0.1) is 5.95 Å². The molecule has 0 aliphatic rings. The number of halogens is 2. The standard InChI is InChI=1S/C17H12BrFN4O/c1-3-6-11(4-2)23-17-13(15(19)22-23)14(18)20-16(21-17)10-7-5-8-12(24)9-10/h3-9,24H,1-2H2/b11-6+. The van der Waals surface area contributed by atoms with Crippen molar-refractivity contribution < 1.29 is 9.50 Å². The van der Waals surface area contributed by atoms with E-state index in [0.717, 1.165) is 0 Å². The van der Waals surface area contributed by atoms with Crippen LogP contribution in [0.3, 0.4) is 0 Å². The first-order valence-corrected chi connectivity index (χ1v) is 7.71. The van der Waals surface area contributed by atoms with E-state index in [9.17, 15) is 9.50 Å². The van der Waals surface area contributed by atoms with Gasteiger partial charge in [0, 0.05) is 5.56 Å². The molecule has 1 aromatic carbocycles. The van der Waals surface area contributed by atoms with Gasteiger partial charge in [0.2, 0.25) is 5.95 Å². The molecule has 3 rings (SSSR count). The summed E-state index contributed by atoms with van der Waals surface area (Å²) in [5, 5.41) is 13.7. The summed E-state index contributed by atoms with van der Waals surface area (Å²) < 4.78 is 15.8. The molecular weight excluding hydrogens is 375 g/mol. The summed E-state index contributed by atoms with van der Waals surface area (Å²) in [5.74, 6) is -0.282. The van der Waals surface area contributed by atoms with E-state index >= 15 is 0 Å². The van der Waals surface area contributed by atoms with Crippen molar-refractivity contribution >= 4 is 32.7 Å². The van der Waals surface area contributed by atoms with E-state index in [-0.39, 0.29) is 21.4 Å². The predicted molar refractivity (Wildman–Crippen MR) is 94.7 cm³/mol. The topological polar surface area (TPSA) is 63.8 Å². The van der Waals surface area contributed by atoms with Gasteiger partial charge in [-0.2, -0.15) is 4.39 Å². The molecule has 24 heavy (non-hydrogen) atoms. The van der Waals surface area contributed by atoms with Crippen molar-refractivity contribution in [3.63, 3.8) is 0 Å². The molecule has 5 nitrogen and oxygen atoms in total. The third-order valence-corrected chi connectivity index (χ3v) is 3.86. The van der Waals surface area contributed by atoms with Gasteiger partial charge in [-0.1, -0.05) is 31.4 Å². The molecule has 0 unspecified atom stereocenters. The van der Waals surface area contributed by atoms with E-state index in [4.69, 9.17) is 0 Å². The van der Waals surface area contributed by atoms with Crippen molar-refractivity contribution in [2.24, 2.45) is 0 Å². The zero-order valence-corrected chi connectivity index (χ0v) is 14.0. The normalized spacial score (nSPS) is 11.7. The minimum atomic E-state index is -0.698. The van der Waals surface area contributed by atoms with Crippen LogP contribution in [0.1, 0.15) is 0 Å². The van der Waals surface area contributed by atoms with E-state index in [0.29, 0.717) is 17.1 Å². The van der Waals surface area contributed by atoms with Crippen LogP contribution in [0.5, 0.6) is 5.75 Å². The Morgan fingerprint density at radius 3 is 2.75 bits per heavy atom. The van der Waals surface area contributed by atoms with Crippen LogP contribution < -0.4 is 0 Å². The summed E-state index contributed by atoms with van der Waals surface area (Å²) in [6.07, 6.45) is 4.72. The van der Waals surface area contributed by atoms with Crippen LogP contribution in [0.25, 0.3) is 28.1 Å². The quantitative estimate of drug-likeness (QED) is 0.535. The highest BCUT2D eigenvalue weighted by molar-refractivity contribution is 9.10. The fourth-order valence-electron chi connectivity index (χ4n) is 2.24. The number of hydrogen-bond donors (Lipinski definition) is 1. The van der Waals surface area contributed by atoms with Crippen LogP contribution in [0.4, 0.5) is 4.39 Å². The van der Waals surface area contributed by atoms with E-state index in [2.05, 4.69) is 44.2 Å². The fraction of sp³-hybridized carbons (Fsp3) is 0. The van der Waals surface area contributed by atoms with Gasteiger partial charge in [0.05, 0.1) is 5.70 Å². The number of aromatic nitrogens is 4. The van der Waals surface area contributed by atoms with Crippen LogP contribution in [-0.4, -0.2) is 24.9 Å². The Morgan fingerprint density at radius 1 is 1.29 bits per heavy atom. The lowest BCUT2D eigenvalue weighted by Gasteiger charge is -2.06. The minimum Gasteiger partial charge on any atom is -0.508 e. The van der Waals surface area contributed by atoms with Gasteiger partial charge in [0.1, 0.15) is 15.7 Å². The van der Waals surface area contributed by atoms with Gasteiger partial charge >= 0.3 is 0 Å². The summed E-state index contributed by atoms with van der Waals surface area (Å²) in [6, 6.07) is 6.50. The maximum atomic E-state index is 14.2. The molecule has 0 radical (unpaired) electrons. The minimum absolute atomic E-state index is 0.0883. The smallest absolute Gasteiger partial charge is 0.245 e. The second kappa shape index (κ2) is 6.37. The average Bonchev–Trinajstić information content (AvgIpc) is 2.90. The first kappa shape index (κ1) is 16.1. The molecule has 1 N–H and O–H groups in total. The van der Waals surface area contributed by atoms with Crippen molar-refractivity contribution in [3.8, 4) is 17.1 Å².